The van der Waals surface area contributed by atoms with Gasteiger partial charge in [0.2, 0.25) is 0 Å². The van der Waals surface area contributed by atoms with E-state index in [2.05, 4.69) is 22.1 Å². The number of fused-ring (bicyclic) bond motifs is 1. The maximum absolute atomic E-state index is 13.0. The van der Waals surface area contributed by atoms with Crippen LogP contribution >= 0.6 is 0 Å². The molecule has 0 aliphatic heterocycles. The zero-order chi connectivity index (χ0) is 17.8. The molecule has 3 N–H and O–H groups in total. The Morgan fingerprint density at radius 1 is 1.40 bits per heavy atom. The van der Waals surface area contributed by atoms with Gasteiger partial charge in [0.1, 0.15) is 12.4 Å². The monoisotopic (exact) mass is 341 g/mol. The topological polar surface area (TPSA) is 104 Å². The second-order valence-electron chi connectivity index (χ2n) is 5.93. The van der Waals surface area contributed by atoms with Gasteiger partial charge in [-0.3, -0.25) is 9.36 Å². The highest BCUT2D eigenvalue weighted by Crippen LogP contribution is 2.35. The lowest BCUT2D eigenvalue weighted by atomic mass is 10.1. The van der Waals surface area contributed by atoms with Crippen LogP contribution in [0.25, 0.3) is 10.9 Å². The number of nitrogens with one attached hydrogen (secondary N) is 1. The van der Waals surface area contributed by atoms with Gasteiger partial charge in [0.05, 0.1) is 10.9 Å². The van der Waals surface area contributed by atoms with Gasteiger partial charge in [-0.05, 0) is 31.4 Å². The number of carbonyl (C=O) groups is 1. The average molecular weight is 341 g/mol. The van der Waals surface area contributed by atoms with Gasteiger partial charge in [-0.15, -0.1) is 0 Å². The van der Waals surface area contributed by atoms with Crippen LogP contribution in [0.1, 0.15) is 36.7 Å². The van der Waals surface area contributed by atoms with E-state index in [1.54, 1.807) is 22.8 Å². The minimum atomic E-state index is -1.06. The third-order valence-corrected chi connectivity index (χ3v) is 4.07. The first-order valence-corrected chi connectivity index (χ1v) is 8.22. The molecule has 1 aliphatic carbocycles. The number of benzene rings is 1. The van der Waals surface area contributed by atoms with Crippen LogP contribution < -0.4 is 10.9 Å². The van der Waals surface area contributed by atoms with E-state index in [9.17, 15) is 9.59 Å². The van der Waals surface area contributed by atoms with Gasteiger partial charge in [0.15, 0.2) is 0 Å². The zero-order valence-electron chi connectivity index (χ0n) is 13.7. The molecule has 25 heavy (non-hydrogen) atoms. The predicted octanol–water partition coefficient (Wildman–Crippen LogP) is 1.28. The normalized spacial score (nSPS) is 13.3. The third-order valence-electron chi connectivity index (χ3n) is 4.07. The van der Waals surface area contributed by atoms with Crippen LogP contribution in [-0.2, 0) is 6.42 Å². The van der Waals surface area contributed by atoms with Crippen LogP contribution in [0, 0.1) is 11.8 Å². The molecular formula is C18H19N3O4. The number of hydrogen-bond acceptors (Lipinski definition) is 4. The van der Waals surface area contributed by atoms with Crippen LogP contribution in [0.3, 0.4) is 0 Å². The maximum atomic E-state index is 13.0. The Hall–Kier alpha value is -2.85. The molecule has 1 aromatic heterocycles. The Bertz CT molecular complexity index is 920. The molecule has 1 heterocycles. The summed E-state index contributed by atoms with van der Waals surface area (Å²) in [4.78, 5) is 28.2. The van der Waals surface area contributed by atoms with Gasteiger partial charge >= 0.3 is 6.09 Å². The van der Waals surface area contributed by atoms with Gasteiger partial charge in [0.25, 0.3) is 5.56 Å². The maximum Gasteiger partial charge on any atom is 0.404 e. The Labute approximate surface area is 144 Å². The standard InChI is InChI=1S/C18H19N3O4/c22-11-3-5-12-4-1-6-14-16(12)17(23)21(13-8-9-13)15(20-14)7-2-10-19-18(24)25/h1,4,6,13,19,22H,2,7-11H2,(H,24,25). The fourth-order valence-electron chi connectivity index (χ4n) is 2.86. The molecule has 0 atom stereocenters. The summed E-state index contributed by atoms with van der Waals surface area (Å²) >= 11 is 0. The first-order valence-electron chi connectivity index (χ1n) is 8.22. The van der Waals surface area contributed by atoms with Crippen molar-refractivity contribution < 1.29 is 15.0 Å². The van der Waals surface area contributed by atoms with E-state index in [0.29, 0.717) is 41.7 Å². The Morgan fingerprint density at radius 2 is 2.20 bits per heavy atom. The molecule has 1 saturated carbocycles. The zero-order valence-corrected chi connectivity index (χ0v) is 13.7. The summed E-state index contributed by atoms with van der Waals surface area (Å²) in [6.07, 6.45) is 1.92. The summed E-state index contributed by atoms with van der Waals surface area (Å²) in [7, 11) is 0. The van der Waals surface area contributed by atoms with Crippen molar-refractivity contribution in [2.75, 3.05) is 13.2 Å². The quantitative estimate of drug-likeness (QED) is 0.561. The lowest BCUT2D eigenvalue weighted by Gasteiger charge is -2.13. The number of carboxylic acid groups (broad SMARTS) is 1. The van der Waals surface area contributed by atoms with Crippen LogP contribution in [0.4, 0.5) is 4.79 Å². The Morgan fingerprint density at radius 3 is 2.88 bits per heavy atom. The fourth-order valence-corrected chi connectivity index (χ4v) is 2.86. The molecule has 2 aromatic rings. The van der Waals surface area contributed by atoms with Crippen molar-refractivity contribution in [3.05, 3.63) is 39.9 Å². The third kappa shape index (κ3) is 3.80. The second-order valence-corrected chi connectivity index (χ2v) is 5.93. The van der Waals surface area contributed by atoms with Crippen LogP contribution in [0.5, 0.6) is 0 Å². The van der Waals surface area contributed by atoms with Crippen molar-refractivity contribution in [3.63, 3.8) is 0 Å². The molecule has 7 nitrogen and oxygen atoms in total. The molecule has 0 unspecified atom stereocenters. The van der Waals surface area contributed by atoms with E-state index >= 15 is 0 Å². The number of aliphatic hydroxyl groups is 1. The van der Waals surface area contributed by atoms with E-state index in [1.165, 1.54) is 0 Å². The number of rotatable bonds is 5. The van der Waals surface area contributed by atoms with Gasteiger partial charge in [-0.2, -0.15) is 0 Å². The Kier molecular flexibility index (Phi) is 5.00. The lowest BCUT2D eigenvalue weighted by Crippen LogP contribution is -2.27. The molecule has 0 saturated heterocycles. The van der Waals surface area contributed by atoms with E-state index in [-0.39, 0.29) is 18.2 Å². The summed E-state index contributed by atoms with van der Waals surface area (Å²) in [5.41, 5.74) is 1.03. The Balaban J connectivity index is 2.02. The minimum absolute atomic E-state index is 0.114. The van der Waals surface area contributed by atoms with Crippen molar-refractivity contribution >= 4 is 17.0 Å². The molecule has 1 aliphatic rings. The molecular weight excluding hydrogens is 322 g/mol. The number of aliphatic hydroxyl groups excluding tert-OH is 1. The molecule has 7 heteroatoms. The number of nitrogens with zero attached hydrogens (tertiary/aromatic N) is 2. The summed E-state index contributed by atoms with van der Waals surface area (Å²) < 4.78 is 1.73. The number of aryl methyl sites for hydroxylation is 1. The van der Waals surface area contributed by atoms with Crippen LogP contribution in [0.2, 0.25) is 0 Å². The van der Waals surface area contributed by atoms with Crippen molar-refractivity contribution in [2.24, 2.45) is 0 Å². The SMILES string of the molecule is O=C(O)NCCCc1nc2cccc(C#CCO)c2c(=O)n1C1CC1. The van der Waals surface area contributed by atoms with Gasteiger partial charge in [0, 0.05) is 24.6 Å². The van der Waals surface area contributed by atoms with Gasteiger partial charge < -0.3 is 15.5 Å². The van der Waals surface area contributed by atoms with Crippen LogP contribution in [0.15, 0.2) is 23.0 Å². The van der Waals surface area contributed by atoms with Crippen molar-refractivity contribution in [2.45, 2.75) is 31.7 Å². The largest absolute Gasteiger partial charge is 0.465 e. The fraction of sp³-hybridized carbons (Fsp3) is 0.389. The summed E-state index contributed by atoms with van der Waals surface area (Å²) in [6, 6.07) is 5.47. The highest BCUT2D eigenvalue weighted by atomic mass is 16.4. The van der Waals surface area contributed by atoms with Crippen molar-refractivity contribution in [3.8, 4) is 11.8 Å². The van der Waals surface area contributed by atoms with Crippen molar-refractivity contribution in [1.29, 1.82) is 0 Å². The number of amides is 1. The predicted molar refractivity (Wildman–Crippen MR) is 92.6 cm³/mol. The number of aromatic nitrogens is 2. The molecule has 1 amide bonds. The minimum Gasteiger partial charge on any atom is -0.465 e. The van der Waals surface area contributed by atoms with Crippen molar-refractivity contribution in [1.82, 2.24) is 14.9 Å². The molecule has 0 spiro atoms. The van der Waals surface area contributed by atoms with Gasteiger partial charge in [-0.1, -0.05) is 17.9 Å². The highest BCUT2D eigenvalue weighted by Gasteiger charge is 2.28. The molecule has 1 aromatic carbocycles. The van der Waals surface area contributed by atoms with E-state index in [1.807, 2.05) is 0 Å². The number of hydrogen-bond donors (Lipinski definition) is 3. The van der Waals surface area contributed by atoms with Gasteiger partial charge in [-0.25, -0.2) is 9.78 Å². The van der Waals surface area contributed by atoms with E-state index < -0.39 is 6.09 Å². The first-order chi connectivity index (χ1) is 12.1. The highest BCUT2D eigenvalue weighted by molar-refractivity contribution is 5.84. The van der Waals surface area contributed by atoms with E-state index in [4.69, 9.17) is 10.2 Å². The van der Waals surface area contributed by atoms with Crippen LogP contribution in [-0.4, -0.2) is 39.0 Å². The summed E-state index contributed by atoms with van der Waals surface area (Å²) in [5, 5.41) is 20.3. The summed E-state index contributed by atoms with van der Waals surface area (Å²) in [6.45, 7) is 0.0468. The van der Waals surface area contributed by atoms with E-state index in [0.717, 1.165) is 12.8 Å². The molecule has 130 valence electrons. The molecule has 0 radical (unpaired) electrons. The molecule has 3 rings (SSSR count). The average Bonchev–Trinajstić information content (AvgIpc) is 3.41. The molecule has 0 bridgehead atoms. The lowest BCUT2D eigenvalue weighted by molar-refractivity contribution is 0.194. The molecule has 1 fully saturated rings. The smallest absolute Gasteiger partial charge is 0.404 e. The second kappa shape index (κ2) is 7.36. The first kappa shape index (κ1) is 17.0. The summed E-state index contributed by atoms with van der Waals surface area (Å²) in [5.74, 6) is 6.08.